The summed E-state index contributed by atoms with van der Waals surface area (Å²) in [5.41, 5.74) is 2.88. The normalized spacial score (nSPS) is 20.1. The van der Waals surface area contributed by atoms with Gasteiger partial charge >= 0.3 is 0 Å². The van der Waals surface area contributed by atoms with Crippen molar-refractivity contribution in [2.75, 3.05) is 18.5 Å². The largest absolute Gasteiger partial charge is 0.387 e. The number of likely N-dealkylation sites (N-methyl/N-ethyl adjacent to an activating group) is 1. The van der Waals surface area contributed by atoms with E-state index < -0.39 is 6.10 Å². The number of carbonyl (C=O) groups excluding carboxylic acids is 1. The van der Waals surface area contributed by atoms with E-state index in [4.69, 9.17) is 0 Å². The first-order valence-corrected chi connectivity index (χ1v) is 6.46. The van der Waals surface area contributed by atoms with Gasteiger partial charge in [-0.1, -0.05) is 12.1 Å². The molecule has 1 saturated carbocycles. The second kappa shape index (κ2) is 4.37. The fraction of sp³-hybridized carbons (Fsp3) is 0.500. The lowest BCUT2D eigenvalue weighted by Gasteiger charge is -2.14. The van der Waals surface area contributed by atoms with E-state index in [1.165, 1.54) is 12.8 Å². The highest BCUT2D eigenvalue weighted by Gasteiger charge is 2.25. The molecular weight excluding hydrogens is 228 g/mol. The molecule has 0 aromatic heterocycles. The van der Waals surface area contributed by atoms with E-state index in [1.54, 1.807) is 11.9 Å². The lowest BCUT2D eigenvalue weighted by atomic mass is 10.0. The smallest absolute Gasteiger partial charge is 0.231 e. The number of benzene rings is 1. The van der Waals surface area contributed by atoms with Gasteiger partial charge in [-0.15, -0.1) is 0 Å². The number of rotatable bonds is 4. The van der Waals surface area contributed by atoms with Gasteiger partial charge in [-0.25, -0.2) is 0 Å². The Bertz CT molecular complexity index is 483. The van der Waals surface area contributed by atoms with Crippen LogP contribution in [0.15, 0.2) is 18.2 Å². The molecule has 3 rings (SSSR count). The van der Waals surface area contributed by atoms with Crippen molar-refractivity contribution < 1.29 is 9.90 Å². The molecule has 0 bridgehead atoms. The van der Waals surface area contributed by atoms with Crippen molar-refractivity contribution in [3.05, 3.63) is 29.3 Å². The zero-order valence-corrected chi connectivity index (χ0v) is 10.5. The summed E-state index contributed by atoms with van der Waals surface area (Å²) in [6, 6.07) is 6.39. The third-order valence-corrected chi connectivity index (χ3v) is 3.74. The molecule has 0 spiro atoms. The quantitative estimate of drug-likeness (QED) is 0.833. The molecule has 1 heterocycles. The molecule has 18 heavy (non-hydrogen) atoms. The molecule has 96 valence electrons. The minimum atomic E-state index is -0.489. The molecule has 4 nitrogen and oxygen atoms in total. The van der Waals surface area contributed by atoms with Crippen LogP contribution in [0.2, 0.25) is 0 Å². The molecule has 1 atom stereocenters. The van der Waals surface area contributed by atoms with Gasteiger partial charge in [-0.05, 0) is 30.0 Å². The van der Waals surface area contributed by atoms with Crippen molar-refractivity contribution in [2.45, 2.75) is 31.4 Å². The first-order valence-electron chi connectivity index (χ1n) is 6.46. The Labute approximate surface area is 107 Å². The molecule has 0 radical (unpaired) electrons. The van der Waals surface area contributed by atoms with Crippen LogP contribution < -0.4 is 10.2 Å². The van der Waals surface area contributed by atoms with Crippen molar-refractivity contribution in [2.24, 2.45) is 0 Å². The number of anilines is 1. The second-order valence-electron chi connectivity index (χ2n) is 5.22. The number of aliphatic hydroxyl groups is 1. The standard InChI is InChI=1S/C14H18N2O2/c1-16-12-5-2-9(6-10(12)7-14(16)18)13(17)8-15-11-3-4-11/h2,5-6,11,13,15,17H,3-4,7-8H2,1H3. The Kier molecular flexibility index (Phi) is 2.84. The highest BCUT2D eigenvalue weighted by molar-refractivity contribution is 6.00. The highest BCUT2D eigenvalue weighted by atomic mass is 16.3. The van der Waals surface area contributed by atoms with E-state index in [1.807, 2.05) is 18.2 Å². The van der Waals surface area contributed by atoms with Crippen LogP contribution in [0.4, 0.5) is 5.69 Å². The van der Waals surface area contributed by atoms with E-state index in [9.17, 15) is 9.90 Å². The van der Waals surface area contributed by atoms with Crippen LogP contribution in [0, 0.1) is 0 Å². The summed E-state index contributed by atoms with van der Waals surface area (Å²) in [5.74, 6) is 0.118. The average Bonchev–Trinajstić information content (AvgIpc) is 3.14. The summed E-state index contributed by atoms with van der Waals surface area (Å²) in [7, 11) is 1.79. The van der Waals surface area contributed by atoms with Crippen molar-refractivity contribution in [3.8, 4) is 0 Å². The van der Waals surface area contributed by atoms with Gasteiger partial charge in [0.1, 0.15) is 0 Å². The molecule has 1 aromatic rings. The molecule has 2 N–H and O–H groups in total. The molecule has 4 heteroatoms. The van der Waals surface area contributed by atoms with Crippen molar-refractivity contribution in [3.63, 3.8) is 0 Å². The van der Waals surface area contributed by atoms with Gasteiger partial charge in [0.25, 0.3) is 0 Å². The van der Waals surface area contributed by atoms with E-state index >= 15 is 0 Å². The predicted octanol–water partition coefficient (Wildman–Crippen LogP) is 0.991. The summed E-state index contributed by atoms with van der Waals surface area (Å²) >= 11 is 0. The number of fused-ring (bicyclic) bond motifs is 1. The zero-order chi connectivity index (χ0) is 12.7. The lowest BCUT2D eigenvalue weighted by Crippen LogP contribution is -2.23. The second-order valence-corrected chi connectivity index (χ2v) is 5.22. The number of amides is 1. The topological polar surface area (TPSA) is 52.6 Å². The third kappa shape index (κ3) is 2.13. The summed E-state index contributed by atoms with van der Waals surface area (Å²) < 4.78 is 0. The van der Waals surface area contributed by atoms with E-state index in [-0.39, 0.29) is 5.91 Å². The van der Waals surface area contributed by atoms with Crippen LogP contribution in [0.3, 0.4) is 0 Å². The van der Waals surface area contributed by atoms with Gasteiger partial charge in [0.15, 0.2) is 0 Å². The van der Waals surface area contributed by atoms with Crippen LogP contribution in [0.25, 0.3) is 0 Å². The van der Waals surface area contributed by atoms with E-state index in [0.29, 0.717) is 19.0 Å². The minimum absolute atomic E-state index is 0.118. The molecule has 1 aliphatic heterocycles. The molecule has 1 fully saturated rings. The summed E-state index contributed by atoms with van der Waals surface area (Å²) in [4.78, 5) is 13.3. The van der Waals surface area contributed by atoms with Gasteiger partial charge in [0.05, 0.1) is 12.5 Å². The maximum Gasteiger partial charge on any atom is 0.231 e. The molecule has 1 aromatic carbocycles. The Balaban J connectivity index is 1.73. The maximum atomic E-state index is 11.6. The van der Waals surface area contributed by atoms with E-state index in [2.05, 4.69) is 5.32 Å². The molecular formula is C14H18N2O2. The first-order chi connectivity index (χ1) is 8.65. The fourth-order valence-electron chi connectivity index (χ4n) is 2.38. The van der Waals surface area contributed by atoms with E-state index in [0.717, 1.165) is 16.8 Å². The molecule has 0 saturated heterocycles. The number of hydrogen-bond acceptors (Lipinski definition) is 3. The van der Waals surface area contributed by atoms with Gasteiger partial charge in [0, 0.05) is 25.3 Å². The minimum Gasteiger partial charge on any atom is -0.387 e. The van der Waals surface area contributed by atoms with Crippen LogP contribution in [-0.4, -0.2) is 30.6 Å². The third-order valence-electron chi connectivity index (χ3n) is 3.74. The van der Waals surface area contributed by atoms with Crippen molar-refractivity contribution in [1.82, 2.24) is 5.32 Å². The highest BCUT2D eigenvalue weighted by Crippen LogP contribution is 2.30. The number of hydrogen-bond donors (Lipinski definition) is 2. The van der Waals surface area contributed by atoms with Gasteiger partial charge in [0.2, 0.25) is 5.91 Å². The van der Waals surface area contributed by atoms with Crippen LogP contribution in [0.1, 0.15) is 30.1 Å². The van der Waals surface area contributed by atoms with Crippen LogP contribution in [-0.2, 0) is 11.2 Å². The average molecular weight is 246 g/mol. The fourth-order valence-corrected chi connectivity index (χ4v) is 2.38. The number of carbonyl (C=O) groups is 1. The predicted molar refractivity (Wildman–Crippen MR) is 69.5 cm³/mol. The SMILES string of the molecule is CN1C(=O)Cc2cc(C(O)CNC3CC3)ccc21. The van der Waals surface area contributed by atoms with Crippen molar-refractivity contribution >= 4 is 11.6 Å². The van der Waals surface area contributed by atoms with Gasteiger partial charge < -0.3 is 15.3 Å². The maximum absolute atomic E-state index is 11.6. The number of nitrogens with zero attached hydrogens (tertiary/aromatic N) is 1. The first kappa shape index (κ1) is 11.7. The number of aliphatic hydroxyl groups excluding tert-OH is 1. The summed E-state index contributed by atoms with van der Waals surface area (Å²) in [5, 5.41) is 13.4. The molecule has 2 aliphatic rings. The molecule has 1 aliphatic carbocycles. The zero-order valence-electron chi connectivity index (χ0n) is 10.5. The monoisotopic (exact) mass is 246 g/mol. The number of nitrogens with one attached hydrogen (secondary N) is 1. The summed E-state index contributed by atoms with van der Waals surface area (Å²) in [6.45, 7) is 0.591. The van der Waals surface area contributed by atoms with Gasteiger partial charge in [-0.3, -0.25) is 4.79 Å². The van der Waals surface area contributed by atoms with Crippen LogP contribution >= 0.6 is 0 Å². The Morgan fingerprint density at radius 1 is 1.50 bits per heavy atom. The molecule has 1 unspecified atom stereocenters. The Morgan fingerprint density at radius 3 is 3.00 bits per heavy atom. The summed E-state index contributed by atoms with van der Waals surface area (Å²) in [6.07, 6.45) is 2.39. The van der Waals surface area contributed by atoms with Crippen molar-refractivity contribution in [1.29, 1.82) is 0 Å². The Hall–Kier alpha value is -1.39. The Morgan fingerprint density at radius 2 is 2.28 bits per heavy atom. The molecule has 1 amide bonds. The lowest BCUT2D eigenvalue weighted by molar-refractivity contribution is -0.117. The van der Waals surface area contributed by atoms with Crippen LogP contribution in [0.5, 0.6) is 0 Å². The van der Waals surface area contributed by atoms with Gasteiger partial charge in [-0.2, -0.15) is 0 Å².